The molecule has 3 heterocycles. The average molecular weight is 271 g/mol. The van der Waals surface area contributed by atoms with Crippen LogP contribution in [0.3, 0.4) is 0 Å². The van der Waals surface area contributed by atoms with Gasteiger partial charge in [-0.05, 0) is 18.3 Å². The van der Waals surface area contributed by atoms with Crippen LogP contribution < -0.4 is 5.01 Å². The minimum absolute atomic E-state index is 0.600. The fourth-order valence-corrected chi connectivity index (χ4v) is 2.44. The summed E-state index contributed by atoms with van der Waals surface area (Å²) in [5.41, 5.74) is 1.66. The monoisotopic (exact) mass is 270 g/mol. The lowest BCUT2D eigenvalue weighted by Gasteiger charge is -2.29. The number of pyridine rings is 1. The number of hydrogen-bond acceptors (Lipinski definition) is 4. The van der Waals surface area contributed by atoms with Gasteiger partial charge in [0, 0.05) is 6.20 Å². The first kappa shape index (κ1) is 11.0. The second kappa shape index (κ2) is 4.29. The van der Waals surface area contributed by atoms with Crippen molar-refractivity contribution in [2.45, 2.75) is 0 Å². The van der Waals surface area contributed by atoms with Gasteiger partial charge in [0.2, 0.25) is 0 Å². The largest absolute Gasteiger partial charge is 0.378 e. The van der Waals surface area contributed by atoms with E-state index in [-0.39, 0.29) is 0 Å². The number of halogens is 1. The Morgan fingerprint density at radius 1 is 1.41 bits per heavy atom. The third kappa shape index (κ3) is 1.92. The Labute approximate surface area is 108 Å². The molecule has 0 bridgehead atoms. The number of ether oxygens (including phenoxy) is 1. The molecule has 3 rings (SSSR count). The van der Waals surface area contributed by atoms with Crippen LogP contribution in [0.4, 0.5) is 0 Å². The Morgan fingerprint density at radius 3 is 2.94 bits per heavy atom. The molecule has 0 unspecified atom stereocenters. The Kier molecular flexibility index (Phi) is 2.78. The number of fused-ring (bicyclic) bond motifs is 1. The van der Waals surface area contributed by atoms with Crippen LogP contribution in [-0.4, -0.2) is 40.9 Å². The molecule has 2 aromatic heterocycles. The van der Waals surface area contributed by atoms with Crippen molar-refractivity contribution in [2.75, 3.05) is 31.3 Å². The van der Waals surface area contributed by atoms with Gasteiger partial charge < -0.3 is 14.7 Å². The number of rotatable bonds is 1. The van der Waals surface area contributed by atoms with Gasteiger partial charge in [-0.1, -0.05) is 11.6 Å². The van der Waals surface area contributed by atoms with E-state index in [2.05, 4.69) is 15.0 Å². The van der Waals surface area contributed by atoms with Gasteiger partial charge in [0.1, 0.15) is 0 Å². The van der Waals surface area contributed by atoms with Crippen LogP contribution >= 0.6 is 23.8 Å². The van der Waals surface area contributed by atoms with E-state index in [9.17, 15) is 0 Å². The van der Waals surface area contributed by atoms with E-state index in [1.165, 1.54) is 0 Å². The lowest BCUT2D eigenvalue weighted by atomic mass is 10.4. The van der Waals surface area contributed by atoms with Crippen LogP contribution in [0, 0.1) is 4.77 Å². The predicted octanol–water partition coefficient (Wildman–Crippen LogP) is 1.72. The molecule has 1 aliphatic heterocycles. The molecule has 0 saturated carbocycles. The SMILES string of the molecule is S=c1[nH]c2cc(Cl)cnc2n1N1CCOCC1. The molecule has 1 fully saturated rings. The van der Waals surface area contributed by atoms with Crippen LogP contribution in [-0.2, 0) is 4.74 Å². The van der Waals surface area contributed by atoms with Gasteiger partial charge in [0.25, 0.3) is 0 Å². The normalized spacial score (nSPS) is 16.6. The number of H-pyrrole nitrogens is 1. The molecule has 1 N–H and O–H groups in total. The quantitative estimate of drug-likeness (QED) is 0.802. The van der Waals surface area contributed by atoms with Crippen molar-refractivity contribution in [2.24, 2.45) is 0 Å². The zero-order valence-corrected chi connectivity index (χ0v) is 10.6. The van der Waals surface area contributed by atoms with Gasteiger partial charge in [-0.3, -0.25) is 0 Å². The summed E-state index contributed by atoms with van der Waals surface area (Å²) >= 11 is 11.2. The van der Waals surface area contributed by atoms with E-state index in [1.54, 1.807) is 6.20 Å². The van der Waals surface area contributed by atoms with Crippen molar-refractivity contribution in [3.63, 3.8) is 0 Å². The maximum absolute atomic E-state index is 5.91. The molecule has 0 amide bonds. The molecule has 0 aliphatic carbocycles. The maximum Gasteiger partial charge on any atom is 0.198 e. The third-order valence-corrected chi connectivity index (χ3v) is 3.22. The average Bonchev–Trinajstić information content (AvgIpc) is 2.65. The second-order valence-electron chi connectivity index (χ2n) is 3.83. The van der Waals surface area contributed by atoms with Gasteiger partial charge in [0.15, 0.2) is 10.4 Å². The fourth-order valence-electron chi connectivity index (χ4n) is 1.97. The standard InChI is InChI=1S/C10H11ClN4OS/c11-7-5-8-9(12-6-7)15(10(17)13-8)14-1-3-16-4-2-14/h5-6H,1-4H2,(H,13,17). The van der Waals surface area contributed by atoms with E-state index < -0.39 is 0 Å². The molecule has 0 aromatic carbocycles. The summed E-state index contributed by atoms with van der Waals surface area (Å²) in [4.78, 5) is 7.44. The van der Waals surface area contributed by atoms with Crippen molar-refractivity contribution in [1.29, 1.82) is 0 Å². The molecular formula is C10H11ClN4OS. The molecule has 5 nitrogen and oxygen atoms in total. The zero-order valence-electron chi connectivity index (χ0n) is 9.02. The van der Waals surface area contributed by atoms with Gasteiger partial charge in [-0.15, -0.1) is 0 Å². The van der Waals surface area contributed by atoms with E-state index in [4.69, 9.17) is 28.6 Å². The fraction of sp³-hybridized carbons (Fsp3) is 0.400. The number of imidazole rings is 1. The van der Waals surface area contributed by atoms with E-state index in [0.29, 0.717) is 23.0 Å². The highest BCUT2D eigenvalue weighted by Crippen LogP contribution is 2.17. The first-order valence-electron chi connectivity index (χ1n) is 5.35. The molecule has 2 aromatic rings. The highest BCUT2D eigenvalue weighted by atomic mass is 35.5. The van der Waals surface area contributed by atoms with Crippen molar-refractivity contribution < 1.29 is 4.74 Å². The van der Waals surface area contributed by atoms with E-state index in [0.717, 1.165) is 24.3 Å². The molecule has 1 saturated heterocycles. The first-order chi connectivity index (χ1) is 8.25. The molecular weight excluding hydrogens is 260 g/mol. The van der Waals surface area contributed by atoms with Crippen molar-refractivity contribution in [3.05, 3.63) is 22.1 Å². The number of nitrogens with one attached hydrogen (secondary N) is 1. The van der Waals surface area contributed by atoms with Crippen molar-refractivity contribution in [3.8, 4) is 0 Å². The van der Waals surface area contributed by atoms with Crippen molar-refractivity contribution >= 4 is 35.0 Å². The zero-order chi connectivity index (χ0) is 11.8. The van der Waals surface area contributed by atoms with Gasteiger partial charge in [-0.2, -0.15) is 0 Å². The smallest absolute Gasteiger partial charge is 0.198 e. The highest BCUT2D eigenvalue weighted by molar-refractivity contribution is 7.71. The van der Waals surface area contributed by atoms with Gasteiger partial charge in [0.05, 0.1) is 36.8 Å². The van der Waals surface area contributed by atoms with E-state index in [1.807, 2.05) is 10.7 Å². The first-order valence-corrected chi connectivity index (χ1v) is 6.13. The molecule has 1 aliphatic rings. The summed E-state index contributed by atoms with van der Waals surface area (Å²) in [6.07, 6.45) is 1.63. The minimum atomic E-state index is 0.600. The van der Waals surface area contributed by atoms with Crippen LogP contribution in [0.2, 0.25) is 5.02 Å². The summed E-state index contributed by atoms with van der Waals surface area (Å²) in [5.74, 6) is 0. The minimum Gasteiger partial charge on any atom is -0.378 e. The van der Waals surface area contributed by atoms with Crippen LogP contribution in [0.1, 0.15) is 0 Å². The summed E-state index contributed by atoms with van der Waals surface area (Å²) < 4.78 is 7.88. The molecule has 0 radical (unpaired) electrons. The van der Waals surface area contributed by atoms with Crippen LogP contribution in [0.15, 0.2) is 12.3 Å². The molecule has 90 valence electrons. The molecule has 0 atom stereocenters. The Morgan fingerprint density at radius 2 is 2.18 bits per heavy atom. The van der Waals surface area contributed by atoms with Crippen LogP contribution in [0.25, 0.3) is 11.2 Å². The summed E-state index contributed by atoms with van der Waals surface area (Å²) in [5, 5.41) is 2.73. The number of hydrogen-bond donors (Lipinski definition) is 1. The van der Waals surface area contributed by atoms with Gasteiger partial charge >= 0.3 is 0 Å². The van der Waals surface area contributed by atoms with Crippen molar-refractivity contribution in [1.82, 2.24) is 14.6 Å². The lowest BCUT2D eigenvalue weighted by molar-refractivity contribution is 0.111. The third-order valence-electron chi connectivity index (χ3n) is 2.74. The molecule has 7 heteroatoms. The Balaban J connectivity index is 2.14. The second-order valence-corrected chi connectivity index (χ2v) is 4.66. The highest BCUT2D eigenvalue weighted by Gasteiger charge is 2.15. The van der Waals surface area contributed by atoms with Gasteiger partial charge in [-0.25, -0.2) is 9.66 Å². The molecule has 17 heavy (non-hydrogen) atoms. The lowest BCUT2D eigenvalue weighted by Crippen LogP contribution is -2.44. The summed E-state index contributed by atoms with van der Waals surface area (Å²) in [7, 11) is 0. The molecule has 0 spiro atoms. The number of nitrogens with zero attached hydrogens (tertiary/aromatic N) is 3. The maximum atomic E-state index is 5.91. The number of morpholine rings is 1. The Bertz CT molecular complexity index is 602. The van der Waals surface area contributed by atoms with Crippen LogP contribution in [0.5, 0.6) is 0 Å². The topological polar surface area (TPSA) is 46.1 Å². The Hall–Kier alpha value is -1.11. The summed E-state index contributed by atoms with van der Waals surface area (Å²) in [6.45, 7) is 3.04. The predicted molar refractivity (Wildman–Crippen MR) is 68.7 cm³/mol. The summed E-state index contributed by atoms with van der Waals surface area (Å²) in [6, 6.07) is 1.83. The number of aromatic amines is 1. The number of aromatic nitrogens is 3. The van der Waals surface area contributed by atoms with E-state index >= 15 is 0 Å².